The highest BCUT2D eigenvalue weighted by Crippen LogP contribution is 2.26. The van der Waals surface area contributed by atoms with Crippen LogP contribution in [0.1, 0.15) is 17.2 Å². The Kier molecular flexibility index (Phi) is 4.83. The van der Waals surface area contributed by atoms with Gasteiger partial charge in [0.15, 0.2) is 11.6 Å². The number of hydrogen-bond acceptors (Lipinski definition) is 1. The maximum Gasteiger partial charge on any atom is 0.159 e. The van der Waals surface area contributed by atoms with Gasteiger partial charge in [0, 0.05) is 11.6 Å². The minimum atomic E-state index is -0.896. The molecule has 0 saturated carbocycles. The van der Waals surface area contributed by atoms with Gasteiger partial charge in [0.1, 0.15) is 5.82 Å². The van der Waals surface area contributed by atoms with Crippen molar-refractivity contribution < 1.29 is 13.2 Å². The summed E-state index contributed by atoms with van der Waals surface area (Å²) in [6.07, 6.45) is 0.362. The maximum absolute atomic E-state index is 14.1. The fourth-order valence-electron chi connectivity index (χ4n) is 2.06. The summed E-state index contributed by atoms with van der Waals surface area (Å²) in [7, 11) is 1.70. The van der Waals surface area contributed by atoms with Gasteiger partial charge in [0.05, 0.1) is 4.47 Å². The minimum absolute atomic E-state index is 0.322. The third kappa shape index (κ3) is 3.22. The lowest BCUT2D eigenvalue weighted by Gasteiger charge is -2.18. The van der Waals surface area contributed by atoms with Crippen LogP contribution < -0.4 is 5.32 Å². The number of hydrogen-bond donors (Lipinski definition) is 1. The molecular weight excluding hydrogens is 331 g/mol. The molecule has 0 radical (unpaired) electrons. The van der Waals surface area contributed by atoms with Crippen molar-refractivity contribution in [3.8, 4) is 0 Å². The first-order chi connectivity index (χ1) is 9.52. The average molecular weight is 344 g/mol. The molecular formula is C15H13BrF3N. The number of likely N-dealkylation sites (N-methyl/N-ethyl adjacent to an activating group) is 1. The molecule has 1 atom stereocenters. The van der Waals surface area contributed by atoms with Crippen LogP contribution in [0.15, 0.2) is 40.9 Å². The summed E-state index contributed by atoms with van der Waals surface area (Å²) in [6, 6.07) is 8.41. The molecule has 0 fully saturated rings. The number of halogens is 4. The van der Waals surface area contributed by atoms with Gasteiger partial charge in [-0.05, 0) is 53.2 Å². The Labute approximate surface area is 123 Å². The highest BCUT2D eigenvalue weighted by atomic mass is 79.9. The largest absolute Gasteiger partial charge is 0.313 e. The van der Waals surface area contributed by atoms with E-state index in [2.05, 4.69) is 21.2 Å². The second kappa shape index (κ2) is 6.41. The smallest absolute Gasteiger partial charge is 0.159 e. The number of nitrogens with one attached hydrogen (secondary N) is 1. The second-order valence-corrected chi connectivity index (χ2v) is 5.29. The average Bonchev–Trinajstić information content (AvgIpc) is 2.43. The fraction of sp³-hybridized carbons (Fsp3) is 0.200. The Balaban J connectivity index is 2.28. The summed E-state index contributed by atoms with van der Waals surface area (Å²) in [5.74, 6) is -2.13. The van der Waals surface area contributed by atoms with E-state index in [0.29, 0.717) is 22.0 Å². The van der Waals surface area contributed by atoms with Crippen LogP contribution in [0.25, 0.3) is 0 Å². The van der Waals surface area contributed by atoms with Gasteiger partial charge in [-0.25, -0.2) is 13.2 Å². The highest BCUT2D eigenvalue weighted by molar-refractivity contribution is 9.10. The first-order valence-electron chi connectivity index (χ1n) is 6.08. The lowest BCUT2D eigenvalue weighted by Crippen LogP contribution is -2.20. The Morgan fingerprint density at radius 3 is 2.50 bits per heavy atom. The molecule has 0 aliphatic carbocycles. The molecule has 0 bridgehead atoms. The Hall–Kier alpha value is -1.33. The molecule has 0 spiro atoms. The van der Waals surface area contributed by atoms with E-state index in [1.807, 2.05) is 0 Å². The monoisotopic (exact) mass is 343 g/mol. The van der Waals surface area contributed by atoms with E-state index in [1.165, 1.54) is 6.07 Å². The normalized spacial score (nSPS) is 12.4. The van der Waals surface area contributed by atoms with E-state index in [4.69, 9.17) is 0 Å². The lowest BCUT2D eigenvalue weighted by atomic mass is 9.98. The van der Waals surface area contributed by atoms with Crippen LogP contribution in [0, 0.1) is 17.5 Å². The van der Waals surface area contributed by atoms with E-state index in [0.717, 1.165) is 12.1 Å². The van der Waals surface area contributed by atoms with Crippen molar-refractivity contribution in [2.24, 2.45) is 0 Å². The van der Waals surface area contributed by atoms with Crippen LogP contribution in [-0.4, -0.2) is 7.05 Å². The molecule has 0 aliphatic rings. The van der Waals surface area contributed by atoms with Gasteiger partial charge in [0.2, 0.25) is 0 Å². The van der Waals surface area contributed by atoms with Gasteiger partial charge in [0.25, 0.3) is 0 Å². The van der Waals surface area contributed by atoms with Crippen LogP contribution in [0.2, 0.25) is 0 Å². The Bertz CT molecular complexity index is 616. The molecule has 0 aromatic heterocycles. The van der Waals surface area contributed by atoms with Crippen molar-refractivity contribution in [3.05, 3.63) is 69.4 Å². The fourth-order valence-corrected chi connectivity index (χ4v) is 2.44. The van der Waals surface area contributed by atoms with Crippen molar-refractivity contribution in [2.45, 2.75) is 12.5 Å². The molecule has 0 amide bonds. The third-order valence-corrected chi connectivity index (χ3v) is 3.74. The Morgan fingerprint density at radius 2 is 1.85 bits per heavy atom. The van der Waals surface area contributed by atoms with Crippen molar-refractivity contribution in [1.82, 2.24) is 5.32 Å². The molecule has 5 heteroatoms. The van der Waals surface area contributed by atoms with Crippen molar-refractivity contribution in [2.75, 3.05) is 7.05 Å². The van der Waals surface area contributed by atoms with Crippen LogP contribution in [0.5, 0.6) is 0 Å². The van der Waals surface area contributed by atoms with Gasteiger partial charge in [-0.3, -0.25) is 0 Å². The lowest BCUT2D eigenvalue weighted by molar-refractivity contribution is 0.501. The van der Waals surface area contributed by atoms with E-state index >= 15 is 0 Å². The van der Waals surface area contributed by atoms with Gasteiger partial charge >= 0.3 is 0 Å². The molecule has 20 heavy (non-hydrogen) atoms. The second-order valence-electron chi connectivity index (χ2n) is 4.44. The molecule has 2 rings (SSSR count). The highest BCUT2D eigenvalue weighted by Gasteiger charge is 2.17. The van der Waals surface area contributed by atoms with Crippen molar-refractivity contribution in [1.29, 1.82) is 0 Å². The van der Waals surface area contributed by atoms with Crippen LogP contribution in [0.4, 0.5) is 13.2 Å². The topological polar surface area (TPSA) is 12.0 Å². The van der Waals surface area contributed by atoms with E-state index in [9.17, 15) is 13.2 Å². The van der Waals surface area contributed by atoms with Gasteiger partial charge in [-0.2, -0.15) is 0 Å². The summed E-state index contributed by atoms with van der Waals surface area (Å²) in [5, 5.41) is 2.99. The zero-order valence-corrected chi connectivity index (χ0v) is 12.3. The van der Waals surface area contributed by atoms with Crippen LogP contribution in [0.3, 0.4) is 0 Å². The predicted molar refractivity (Wildman–Crippen MR) is 76.0 cm³/mol. The standard InChI is InChI=1S/C15H13BrF3N/c1-20-14(10-3-2-4-11(16)15(10)19)8-9-5-6-12(17)13(18)7-9/h2-7,14,20H,8H2,1H3. The summed E-state index contributed by atoms with van der Waals surface area (Å²) in [6.45, 7) is 0. The van der Waals surface area contributed by atoms with E-state index in [1.54, 1.807) is 25.2 Å². The summed E-state index contributed by atoms with van der Waals surface area (Å²) < 4.78 is 40.5. The van der Waals surface area contributed by atoms with Gasteiger partial charge in [-0.1, -0.05) is 18.2 Å². The quantitative estimate of drug-likeness (QED) is 0.869. The maximum atomic E-state index is 14.1. The molecule has 1 nitrogen and oxygen atoms in total. The molecule has 0 aliphatic heterocycles. The zero-order valence-electron chi connectivity index (χ0n) is 10.8. The number of benzene rings is 2. The summed E-state index contributed by atoms with van der Waals surface area (Å²) in [5.41, 5.74) is 1.08. The SMILES string of the molecule is CNC(Cc1ccc(F)c(F)c1)c1cccc(Br)c1F. The molecule has 1 N–H and O–H groups in total. The third-order valence-electron chi connectivity index (χ3n) is 3.13. The van der Waals surface area contributed by atoms with Crippen molar-refractivity contribution >= 4 is 15.9 Å². The van der Waals surface area contributed by atoms with Crippen LogP contribution in [-0.2, 0) is 6.42 Å². The minimum Gasteiger partial charge on any atom is -0.313 e. The Morgan fingerprint density at radius 1 is 1.10 bits per heavy atom. The molecule has 2 aromatic rings. The zero-order chi connectivity index (χ0) is 14.7. The molecule has 0 heterocycles. The van der Waals surface area contributed by atoms with Crippen LogP contribution >= 0.6 is 15.9 Å². The van der Waals surface area contributed by atoms with Crippen molar-refractivity contribution in [3.63, 3.8) is 0 Å². The molecule has 1 unspecified atom stereocenters. The van der Waals surface area contributed by atoms with Gasteiger partial charge in [-0.15, -0.1) is 0 Å². The van der Waals surface area contributed by atoms with E-state index in [-0.39, 0.29) is 11.9 Å². The molecule has 106 valence electrons. The summed E-state index contributed by atoms with van der Waals surface area (Å²) in [4.78, 5) is 0. The number of rotatable bonds is 4. The van der Waals surface area contributed by atoms with Gasteiger partial charge < -0.3 is 5.32 Å². The van der Waals surface area contributed by atoms with E-state index < -0.39 is 11.6 Å². The summed E-state index contributed by atoms with van der Waals surface area (Å²) >= 11 is 3.14. The first kappa shape index (κ1) is 15.1. The molecule has 2 aromatic carbocycles. The molecule has 0 saturated heterocycles. The predicted octanol–water partition coefficient (Wildman–Crippen LogP) is 4.37. The first-order valence-corrected chi connectivity index (χ1v) is 6.87.